The normalized spacial score (nSPS) is 12.6. The average molecular weight is 457 g/mol. The van der Waals surface area contributed by atoms with Crippen LogP contribution in [0.15, 0.2) is 59.3 Å². The molecule has 2 heterocycles. The molecular formula is C22H25BrN4O2. The SMILES string of the molecule is Cn1c(-c2ccc(Br)cc2)cnc1[C@H](Cc1ccccn1)N(C=O)OC(C)(C)C. The van der Waals surface area contributed by atoms with Crippen LogP contribution in [0.1, 0.15) is 38.3 Å². The second-order valence-corrected chi connectivity index (χ2v) is 8.69. The lowest BCUT2D eigenvalue weighted by Crippen LogP contribution is -2.38. The number of hydroxylamine groups is 2. The quantitative estimate of drug-likeness (QED) is 0.381. The van der Waals surface area contributed by atoms with E-state index in [0.717, 1.165) is 27.2 Å². The fourth-order valence-electron chi connectivity index (χ4n) is 3.11. The Morgan fingerprint density at radius 3 is 2.48 bits per heavy atom. The molecule has 0 fully saturated rings. The molecule has 0 saturated heterocycles. The van der Waals surface area contributed by atoms with Crippen molar-refractivity contribution in [3.63, 3.8) is 0 Å². The number of carbonyl (C=O) groups is 1. The monoisotopic (exact) mass is 456 g/mol. The summed E-state index contributed by atoms with van der Waals surface area (Å²) in [4.78, 5) is 27.0. The smallest absolute Gasteiger partial charge is 0.234 e. The fraction of sp³-hybridized carbons (Fsp3) is 0.318. The van der Waals surface area contributed by atoms with Gasteiger partial charge in [-0.1, -0.05) is 34.1 Å². The summed E-state index contributed by atoms with van der Waals surface area (Å²) in [5, 5.41) is 1.35. The molecule has 7 heteroatoms. The van der Waals surface area contributed by atoms with E-state index in [-0.39, 0.29) is 0 Å². The van der Waals surface area contributed by atoms with Gasteiger partial charge in [0.25, 0.3) is 0 Å². The van der Waals surface area contributed by atoms with Crippen molar-refractivity contribution >= 4 is 22.3 Å². The highest BCUT2D eigenvalue weighted by Crippen LogP contribution is 2.29. The van der Waals surface area contributed by atoms with E-state index in [4.69, 9.17) is 4.84 Å². The van der Waals surface area contributed by atoms with Crippen molar-refractivity contribution < 1.29 is 9.63 Å². The van der Waals surface area contributed by atoms with Crippen LogP contribution in [0, 0.1) is 0 Å². The summed E-state index contributed by atoms with van der Waals surface area (Å²) in [6.45, 7) is 5.73. The summed E-state index contributed by atoms with van der Waals surface area (Å²) in [5.74, 6) is 0.727. The maximum absolute atomic E-state index is 12.0. The van der Waals surface area contributed by atoms with Crippen molar-refractivity contribution in [2.45, 2.75) is 38.8 Å². The molecule has 6 nitrogen and oxygen atoms in total. The maximum Gasteiger partial charge on any atom is 0.234 e. The first-order valence-corrected chi connectivity index (χ1v) is 10.2. The third-order valence-electron chi connectivity index (χ3n) is 4.38. The van der Waals surface area contributed by atoms with Crippen molar-refractivity contribution in [1.29, 1.82) is 0 Å². The minimum Gasteiger partial charge on any atom is -0.329 e. The average Bonchev–Trinajstić information content (AvgIpc) is 3.06. The minimum atomic E-state index is -0.525. The molecule has 0 N–H and O–H groups in total. The van der Waals surface area contributed by atoms with Crippen LogP contribution < -0.4 is 0 Å². The van der Waals surface area contributed by atoms with Crippen LogP contribution in [0.2, 0.25) is 0 Å². The number of hydrogen-bond donors (Lipinski definition) is 0. The first-order valence-electron chi connectivity index (χ1n) is 9.39. The molecule has 0 saturated carbocycles. The first kappa shape index (κ1) is 21.2. The van der Waals surface area contributed by atoms with Crippen molar-refractivity contribution in [3.05, 3.63) is 70.8 Å². The molecule has 0 aliphatic heterocycles. The highest BCUT2D eigenvalue weighted by molar-refractivity contribution is 9.10. The molecule has 0 unspecified atom stereocenters. The molecule has 3 aromatic rings. The van der Waals surface area contributed by atoms with Crippen LogP contribution in [-0.4, -0.2) is 31.6 Å². The van der Waals surface area contributed by atoms with E-state index < -0.39 is 11.6 Å². The summed E-state index contributed by atoms with van der Waals surface area (Å²) in [6, 6.07) is 13.4. The molecule has 3 rings (SSSR count). The van der Waals surface area contributed by atoms with E-state index in [9.17, 15) is 4.79 Å². The number of imidazole rings is 1. The Morgan fingerprint density at radius 2 is 1.90 bits per heavy atom. The first-order chi connectivity index (χ1) is 13.8. The maximum atomic E-state index is 12.0. The summed E-state index contributed by atoms with van der Waals surface area (Å²) in [6.07, 6.45) is 4.77. The van der Waals surface area contributed by atoms with Gasteiger partial charge in [-0.3, -0.25) is 14.6 Å². The van der Waals surface area contributed by atoms with Gasteiger partial charge in [0.15, 0.2) is 0 Å². The van der Waals surface area contributed by atoms with Gasteiger partial charge in [-0.2, -0.15) is 0 Å². The summed E-state index contributed by atoms with van der Waals surface area (Å²) >= 11 is 3.47. The number of benzene rings is 1. The number of nitrogens with zero attached hydrogens (tertiary/aromatic N) is 4. The zero-order chi connectivity index (χ0) is 21.0. The Bertz CT molecular complexity index is 949. The van der Waals surface area contributed by atoms with Gasteiger partial charge in [0.1, 0.15) is 11.9 Å². The van der Waals surface area contributed by atoms with E-state index in [1.807, 2.05) is 81.0 Å². The van der Waals surface area contributed by atoms with Crippen LogP contribution in [-0.2, 0) is 23.1 Å². The standard InChI is InChI=1S/C22H25BrN4O2/c1-22(2,3)29-27(15-28)19(13-18-7-5-6-12-24-18)21-25-14-20(26(21)4)16-8-10-17(23)11-9-16/h5-12,14-15,19H,13H2,1-4H3/t19-/m0/s1. The fourth-order valence-corrected chi connectivity index (χ4v) is 3.37. The van der Waals surface area contributed by atoms with E-state index in [1.54, 1.807) is 6.20 Å². The number of rotatable bonds is 7. The van der Waals surface area contributed by atoms with Gasteiger partial charge in [0.05, 0.1) is 17.5 Å². The van der Waals surface area contributed by atoms with Crippen molar-refractivity contribution in [3.8, 4) is 11.3 Å². The largest absolute Gasteiger partial charge is 0.329 e. The predicted octanol–water partition coefficient (Wildman–Crippen LogP) is 4.72. The number of hydrogen-bond acceptors (Lipinski definition) is 4. The highest BCUT2D eigenvalue weighted by atomic mass is 79.9. The van der Waals surface area contributed by atoms with Gasteiger partial charge in [-0.05, 0) is 50.6 Å². The van der Waals surface area contributed by atoms with Crippen molar-refractivity contribution in [2.75, 3.05) is 0 Å². The molecular weight excluding hydrogens is 432 g/mol. The van der Waals surface area contributed by atoms with E-state index >= 15 is 0 Å². The lowest BCUT2D eigenvalue weighted by Gasteiger charge is -2.32. The number of pyridine rings is 1. The van der Waals surface area contributed by atoms with E-state index in [2.05, 4.69) is 25.9 Å². The minimum absolute atomic E-state index is 0.421. The zero-order valence-electron chi connectivity index (χ0n) is 17.0. The number of halogens is 1. The Morgan fingerprint density at radius 1 is 1.17 bits per heavy atom. The number of aromatic nitrogens is 3. The highest BCUT2D eigenvalue weighted by Gasteiger charge is 2.29. The van der Waals surface area contributed by atoms with Crippen LogP contribution in [0.5, 0.6) is 0 Å². The third kappa shape index (κ3) is 5.31. The van der Waals surface area contributed by atoms with Gasteiger partial charge in [0, 0.05) is 29.8 Å². The van der Waals surface area contributed by atoms with Gasteiger partial charge >= 0.3 is 0 Å². The molecule has 1 amide bonds. The molecule has 152 valence electrons. The second kappa shape index (κ2) is 8.88. The molecule has 0 spiro atoms. The van der Waals surface area contributed by atoms with Gasteiger partial charge in [0.2, 0.25) is 6.41 Å². The van der Waals surface area contributed by atoms with Crippen LogP contribution in [0.3, 0.4) is 0 Å². The van der Waals surface area contributed by atoms with Crippen LogP contribution in [0.4, 0.5) is 0 Å². The second-order valence-electron chi connectivity index (χ2n) is 7.78. The lowest BCUT2D eigenvalue weighted by atomic mass is 10.1. The molecule has 0 aliphatic carbocycles. The molecule has 0 radical (unpaired) electrons. The van der Waals surface area contributed by atoms with E-state index in [1.165, 1.54) is 5.06 Å². The van der Waals surface area contributed by atoms with Crippen LogP contribution >= 0.6 is 15.9 Å². The summed E-state index contributed by atoms with van der Waals surface area (Å²) in [7, 11) is 1.95. The molecule has 1 aromatic carbocycles. The Labute approximate surface area is 179 Å². The topological polar surface area (TPSA) is 60.2 Å². The Hall–Kier alpha value is -2.51. The van der Waals surface area contributed by atoms with Crippen molar-refractivity contribution in [2.24, 2.45) is 7.05 Å². The lowest BCUT2D eigenvalue weighted by molar-refractivity contribution is -0.235. The van der Waals surface area contributed by atoms with E-state index in [0.29, 0.717) is 12.8 Å². The summed E-state index contributed by atoms with van der Waals surface area (Å²) < 4.78 is 3.02. The third-order valence-corrected chi connectivity index (χ3v) is 4.91. The molecule has 1 atom stereocenters. The van der Waals surface area contributed by atoms with Gasteiger partial charge in [-0.25, -0.2) is 10.0 Å². The molecule has 0 bridgehead atoms. The summed E-state index contributed by atoms with van der Waals surface area (Å²) in [5.41, 5.74) is 2.33. The number of amides is 1. The zero-order valence-corrected chi connectivity index (χ0v) is 18.6. The van der Waals surface area contributed by atoms with Gasteiger partial charge < -0.3 is 4.57 Å². The van der Waals surface area contributed by atoms with Gasteiger partial charge in [-0.15, -0.1) is 0 Å². The number of carbonyl (C=O) groups excluding carboxylic acids is 1. The molecule has 29 heavy (non-hydrogen) atoms. The molecule has 0 aliphatic rings. The Kier molecular flexibility index (Phi) is 6.49. The van der Waals surface area contributed by atoms with Crippen LogP contribution in [0.25, 0.3) is 11.3 Å². The molecule has 2 aromatic heterocycles. The predicted molar refractivity (Wildman–Crippen MR) is 116 cm³/mol. The van der Waals surface area contributed by atoms with Crippen molar-refractivity contribution in [1.82, 2.24) is 19.6 Å². The Balaban J connectivity index is 2.01.